The lowest BCUT2D eigenvalue weighted by Crippen LogP contribution is -2.37. The Kier molecular flexibility index (Phi) is 8.01. The lowest BCUT2D eigenvalue weighted by atomic mass is 9.85. The van der Waals surface area contributed by atoms with Crippen LogP contribution in [0.15, 0.2) is 35.6 Å². The number of nitrogens with one attached hydrogen (secondary N) is 3. The van der Waals surface area contributed by atoms with Gasteiger partial charge < -0.3 is 16.0 Å². The molecule has 2 aromatic rings. The third kappa shape index (κ3) is 5.91. The van der Waals surface area contributed by atoms with Crippen molar-refractivity contribution in [2.75, 3.05) is 12.4 Å². The Balaban J connectivity index is 0.00000261. The second kappa shape index (κ2) is 10.2. The van der Waals surface area contributed by atoms with Crippen molar-refractivity contribution in [3.05, 3.63) is 42.0 Å². The molecule has 1 heterocycles. The first-order chi connectivity index (χ1) is 12.7. The molecule has 9 heteroatoms. The molecule has 0 saturated heterocycles. The molecule has 0 bridgehead atoms. The SMILES string of the molecule is CN=C(NCc1cccc(NC(=O)C2CCC2)c1)NCc1ncnn1C.I. The lowest BCUT2D eigenvalue weighted by Gasteiger charge is -2.24. The molecule has 0 atom stereocenters. The van der Waals surface area contributed by atoms with Crippen LogP contribution < -0.4 is 16.0 Å². The zero-order valence-corrected chi connectivity index (χ0v) is 17.9. The van der Waals surface area contributed by atoms with E-state index in [1.807, 2.05) is 31.3 Å². The minimum atomic E-state index is 0. The molecular formula is C18H26IN7O. The van der Waals surface area contributed by atoms with Crippen LogP contribution in [0.1, 0.15) is 30.7 Å². The molecule has 27 heavy (non-hydrogen) atoms. The quantitative estimate of drug-likeness (QED) is 0.332. The average Bonchev–Trinajstić information content (AvgIpc) is 2.99. The van der Waals surface area contributed by atoms with E-state index >= 15 is 0 Å². The monoisotopic (exact) mass is 483 g/mol. The van der Waals surface area contributed by atoms with E-state index in [-0.39, 0.29) is 35.8 Å². The van der Waals surface area contributed by atoms with Gasteiger partial charge in [0.2, 0.25) is 5.91 Å². The summed E-state index contributed by atoms with van der Waals surface area (Å²) in [5.41, 5.74) is 1.90. The number of halogens is 1. The molecule has 3 rings (SSSR count). The van der Waals surface area contributed by atoms with Crippen LogP contribution in [0, 0.1) is 5.92 Å². The summed E-state index contributed by atoms with van der Waals surface area (Å²) < 4.78 is 1.72. The zero-order chi connectivity index (χ0) is 18.4. The topological polar surface area (TPSA) is 96.2 Å². The number of aliphatic imine (C=N–C) groups is 1. The molecule has 146 valence electrons. The number of carbonyl (C=O) groups excluding carboxylic acids is 1. The molecule has 3 N–H and O–H groups in total. The Labute approximate surface area is 176 Å². The van der Waals surface area contributed by atoms with Crippen LogP contribution in [-0.4, -0.2) is 33.7 Å². The maximum Gasteiger partial charge on any atom is 0.227 e. The number of carbonyl (C=O) groups is 1. The van der Waals surface area contributed by atoms with E-state index in [1.165, 1.54) is 6.33 Å². The number of anilines is 1. The smallest absolute Gasteiger partial charge is 0.227 e. The maximum absolute atomic E-state index is 12.1. The molecule has 1 aliphatic rings. The molecular weight excluding hydrogens is 457 g/mol. The summed E-state index contributed by atoms with van der Waals surface area (Å²) in [5, 5.41) is 13.5. The van der Waals surface area contributed by atoms with Gasteiger partial charge in [0.1, 0.15) is 12.2 Å². The molecule has 1 aromatic heterocycles. The number of guanidine groups is 1. The van der Waals surface area contributed by atoms with E-state index in [1.54, 1.807) is 11.7 Å². The van der Waals surface area contributed by atoms with Crippen LogP contribution >= 0.6 is 24.0 Å². The van der Waals surface area contributed by atoms with E-state index in [9.17, 15) is 4.79 Å². The van der Waals surface area contributed by atoms with Gasteiger partial charge >= 0.3 is 0 Å². The van der Waals surface area contributed by atoms with Crippen LogP contribution in [0.5, 0.6) is 0 Å². The molecule has 8 nitrogen and oxygen atoms in total. The van der Waals surface area contributed by atoms with E-state index in [0.29, 0.717) is 19.0 Å². The highest BCUT2D eigenvalue weighted by Gasteiger charge is 2.25. The van der Waals surface area contributed by atoms with Crippen LogP contribution in [0.25, 0.3) is 0 Å². The van der Waals surface area contributed by atoms with Crippen molar-refractivity contribution < 1.29 is 4.79 Å². The predicted octanol–water partition coefficient (Wildman–Crippen LogP) is 2.04. The number of rotatable bonds is 6. The normalized spacial score (nSPS) is 14.1. The second-order valence-electron chi connectivity index (χ2n) is 6.40. The van der Waals surface area contributed by atoms with Crippen molar-refractivity contribution >= 4 is 41.5 Å². The highest BCUT2D eigenvalue weighted by molar-refractivity contribution is 14.0. The Hall–Kier alpha value is -2.17. The number of amides is 1. The van der Waals surface area contributed by atoms with Crippen LogP contribution in [0.4, 0.5) is 5.69 Å². The van der Waals surface area contributed by atoms with Gasteiger partial charge in [-0.05, 0) is 30.5 Å². The number of aryl methyl sites for hydroxylation is 1. The molecule has 0 radical (unpaired) electrons. The minimum Gasteiger partial charge on any atom is -0.352 e. The Morgan fingerprint density at radius 3 is 2.70 bits per heavy atom. The summed E-state index contributed by atoms with van der Waals surface area (Å²) in [6.07, 6.45) is 4.68. The Morgan fingerprint density at radius 2 is 2.07 bits per heavy atom. The second-order valence-corrected chi connectivity index (χ2v) is 6.40. The van der Waals surface area contributed by atoms with Gasteiger partial charge in [-0.15, -0.1) is 24.0 Å². The van der Waals surface area contributed by atoms with Crippen molar-refractivity contribution in [3.63, 3.8) is 0 Å². The fourth-order valence-electron chi connectivity index (χ4n) is 2.72. The van der Waals surface area contributed by atoms with Crippen molar-refractivity contribution in [1.29, 1.82) is 0 Å². The highest BCUT2D eigenvalue weighted by Crippen LogP contribution is 2.27. The molecule has 1 amide bonds. The zero-order valence-electron chi connectivity index (χ0n) is 15.6. The molecule has 0 spiro atoms. The molecule has 1 aliphatic carbocycles. The van der Waals surface area contributed by atoms with Crippen molar-refractivity contribution in [2.24, 2.45) is 18.0 Å². The summed E-state index contributed by atoms with van der Waals surface area (Å²) in [5.74, 6) is 1.81. The molecule has 0 unspecified atom stereocenters. The average molecular weight is 483 g/mol. The van der Waals surface area contributed by atoms with Gasteiger partial charge in [-0.3, -0.25) is 14.5 Å². The van der Waals surface area contributed by atoms with E-state index < -0.39 is 0 Å². The Morgan fingerprint density at radius 1 is 1.30 bits per heavy atom. The number of nitrogens with zero attached hydrogens (tertiary/aromatic N) is 4. The molecule has 0 aliphatic heterocycles. The number of aromatic nitrogens is 3. The fraction of sp³-hybridized carbons (Fsp3) is 0.444. The van der Waals surface area contributed by atoms with E-state index in [4.69, 9.17) is 0 Å². The number of hydrogen-bond donors (Lipinski definition) is 3. The molecule has 1 fully saturated rings. The number of hydrogen-bond acceptors (Lipinski definition) is 4. The minimum absolute atomic E-state index is 0. The van der Waals surface area contributed by atoms with Gasteiger partial charge in [0.25, 0.3) is 0 Å². The van der Waals surface area contributed by atoms with Gasteiger partial charge in [-0.2, -0.15) is 5.10 Å². The van der Waals surface area contributed by atoms with Crippen LogP contribution in [-0.2, 0) is 24.9 Å². The largest absolute Gasteiger partial charge is 0.352 e. The van der Waals surface area contributed by atoms with E-state index in [2.05, 4.69) is 31.0 Å². The Bertz CT molecular complexity index is 786. The first-order valence-corrected chi connectivity index (χ1v) is 8.83. The predicted molar refractivity (Wildman–Crippen MR) is 116 cm³/mol. The van der Waals surface area contributed by atoms with E-state index in [0.717, 1.165) is 36.3 Å². The third-order valence-electron chi connectivity index (χ3n) is 4.57. The van der Waals surface area contributed by atoms with Gasteiger partial charge in [0.05, 0.1) is 6.54 Å². The van der Waals surface area contributed by atoms with Gasteiger partial charge in [0, 0.05) is 32.2 Å². The van der Waals surface area contributed by atoms with Crippen molar-refractivity contribution in [3.8, 4) is 0 Å². The van der Waals surface area contributed by atoms with Crippen molar-refractivity contribution in [1.82, 2.24) is 25.4 Å². The standard InChI is InChI=1S/C18H25N7O.HI/c1-19-18(21-11-16-22-12-23-25(16)2)20-10-13-5-3-8-15(9-13)24-17(26)14-6-4-7-14;/h3,5,8-9,12,14H,4,6-7,10-11H2,1-2H3,(H,24,26)(H2,19,20,21);1H. The first kappa shape index (κ1) is 21.1. The van der Waals surface area contributed by atoms with Crippen LogP contribution in [0.3, 0.4) is 0 Å². The summed E-state index contributed by atoms with van der Waals surface area (Å²) in [6, 6.07) is 7.87. The molecule has 1 aromatic carbocycles. The lowest BCUT2D eigenvalue weighted by molar-refractivity contribution is -0.122. The summed E-state index contributed by atoms with van der Waals surface area (Å²) in [7, 11) is 3.57. The highest BCUT2D eigenvalue weighted by atomic mass is 127. The summed E-state index contributed by atoms with van der Waals surface area (Å²) in [4.78, 5) is 20.5. The van der Waals surface area contributed by atoms with Crippen molar-refractivity contribution in [2.45, 2.75) is 32.4 Å². The first-order valence-electron chi connectivity index (χ1n) is 8.83. The summed E-state index contributed by atoms with van der Waals surface area (Å²) >= 11 is 0. The number of benzene rings is 1. The molecule has 1 saturated carbocycles. The maximum atomic E-state index is 12.1. The van der Waals surface area contributed by atoms with Gasteiger partial charge in [-0.1, -0.05) is 18.6 Å². The van der Waals surface area contributed by atoms with Gasteiger partial charge in [0.15, 0.2) is 5.96 Å². The third-order valence-corrected chi connectivity index (χ3v) is 4.57. The summed E-state index contributed by atoms with van der Waals surface area (Å²) in [6.45, 7) is 1.14. The fourth-order valence-corrected chi connectivity index (χ4v) is 2.72. The van der Waals surface area contributed by atoms with Gasteiger partial charge in [-0.25, -0.2) is 4.98 Å². The van der Waals surface area contributed by atoms with Crippen LogP contribution in [0.2, 0.25) is 0 Å².